The summed E-state index contributed by atoms with van der Waals surface area (Å²) in [5, 5.41) is 12.1. The van der Waals surface area contributed by atoms with E-state index in [4.69, 9.17) is 23.7 Å². The van der Waals surface area contributed by atoms with Crippen LogP contribution in [0.5, 0.6) is 11.5 Å². The third-order valence-electron chi connectivity index (χ3n) is 7.45. The molecule has 42 heavy (non-hydrogen) atoms. The molecule has 9 nitrogen and oxygen atoms in total. The summed E-state index contributed by atoms with van der Waals surface area (Å²) in [7, 11) is 2.00. The molecule has 3 aromatic rings. The first kappa shape index (κ1) is 29.7. The van der Waals surface area contributed by atoms with E-state index in [2.05, 4.69) is 34.6 Å². The molecule has 11 heteroatoms. The number of aryl methyl sites for hydroxylation is 1. The van der Waals surface area contributed by atoms with E-state index in [1.165, 1.54) is 8.30 Å². The van der Waals surface area contributed by atoms with Crippen molar-refractivity contribution in [3.05, 3.63) is 56.8 Å². The molecule has 6 rings (SSSR count). The van der Waals surface area contributed by atoms with Crippen molar-refractivity contribution >= 4 is 58.7 Å². The Morgan fingerprint density at radius 2 is 1.64 bits per heavy atom. The van der Waals surface area contributed by atoms with Crippen LogP contribution in [0.25, 0.3) is 15.0 Å². The standard InChI is InChI=1S/C31H35N2O7STe/c1-3-33-22-6-4-5-7-26(22)41-28(33)16-20-30(34)21(31(20)35)17-29-32(2)23-18-24-25(19-27(23)42-29)40-15-13-38-11-9-36-8-10-37-12-14-39-24/h4-7,16-20,30,34H,3,8-15H2,1-2H3/q+1/b21-17-,28-16+. The first-order valence-electron chi connectivity index (χ1n) is 14.2. The van der Waals surface area contributed by atoms with Gasteiger partial charge in [0.2, 0.25) is 0 Å². The van der Waals surface area contributed by atoms with E-state index in [1.54, 1.807) is 11.8 Å². The molecule has 222 valence electrons. The van der Waals surface area contributed by atoms with Gasteiger partial charge in [-0.25, -0.2) is 0 Å². The van der Waals surface area contributed by atoms with Crippen LogP contribution in [0.1, 0.15) is 10.6 Å². The summed E-state index contributed by atoms with van der Waals surface area (Å²) in [5.41, 5.74) is 2.66. The molecule has 0 bridgehead atoms. The number of rotatable bonds is 3. The molecule has 2 aliphatic heterocycles. The molecule has 0 radical (unpaired) electrons. The van der Waals surface area contributed by atoms with E-state index in [0.717, 1.165) is 26.5 Å². The van der Waals surface area contributed by atoms with Crippen LogP contribution >= 0.6 is 11.8 Å². The van der Waals surface area contributed by atoms with Gasteiger partial charge in [-0.1, -0.05) is 0 Å². The Hall–Kier alpha value is -2.36. The van der Waals surface area contributed by atoms with Gasteiger partial charge in [0, 0.05) is 0 Å². The van der Waals surface area contributed by atoms with Crippen molar-refractivity contribution in [3.63, 3.8) is 0 Å². The third-order valence-corrected chi connectivity index (χ3v) is 11.9. The van der Waals surface area contributed by atoms with Crippen LogP contribution in [0, 0.1) is 5.92 Å². The van der Waals surface area contributed by atoms with Gasteiger partial charge in [-0.3, -0.25) is 0 Å². The van der Waals surface area contributed by atoms with Crippen molar-refractivity contribution in [2.45, 2.75) is 17.9 Å². The number of aromatic nitrogens is 1. The molecule has 0 spiro atoms. The Labute approximate surface area is 259 Å². The molecule has 2 unspecified atom stereocenters. The van der Waals surface area contributed by atoms with E-state index in [-0.39, 0.29) is 5.78 Å². The number of ether oxygens (including phenoxy) is 5. The summed E-state index contributed by atoms with van der Waals surface area (Å²) >= 11 is 0.833. The second-order valence-electron chi connectivity index (χ2n) is 10.1. The number of carbonyl (C=O) groups is 1. The number of fused-ring (bicyclic) bond motifs is 3. The molecular formula is C31H35N2O7STe+. The van der Waals surface area contributed by atoms with Crippen LogP contribution in [-0.4, -0.2) is 96.8 Å². The van der Waals surface area contributed by atoms with Crippen molar-refractivity contribution in [2.24, 2.45) is 13.0 Å². The summed E-state index contributed by atoms with van der Waals surface area (Å²) in [6, 6.07) is 12.3. The zero-order valence-electron chi connectivity index (χ0n) is 23.7. The summed E-state index contributed by atoms with van der Waals surface area (Å²) in [4.78, 5) is 16.7. The molecule has 2 atom stereocenters. The normalized spacial score (nSPS) is 24.0. The zero-order chi connectivity index (χ0) is 29.1. The van der Waals surface area contributed by atoms with Gasteiger partial charge in [-0.2, -0.15) is 0 Å². The molecule has 3 aliphatic rings. The predicted octanol–water partition coefficient (Wildman–Crippen LogP) is 2.96. The van der Waals surface area contributed by atoms with Crippen LogP contribution in [0.4, 0.5) is 5.69 Å². The van der Waals surface area contributed by atoms with Crippen molar-refractivity contribution in [2.75, 3.05) is 64.3 Å². The minimum atomic E-state index is -0.819. The number of para-hydroxylation sites is 1. The van der Waals surface area contributed by atoms with Crippen LogP contribution in [-0.2, 0) is 26.1 Å². The maximum absolute atomic E-state index is 13.3. The first-order valence-corrected chi connectivity index (χ1v) is 17.4. The molecule has 1 fully saturated rings. The predicted molar refractivity (Wildman–Crippen MR) is 161 cm³/mol. The number of anilines is 1. The SMILES string of the molecule is CCN1/C(=C\C2C(=O)/C(=C\c3[te]c4cc5c(cc4[n+]3C)OCCOCCOCCOCCO5)C2O)Sc2ccccc21. The topological polar surface area (TPSA) is 90.6 Å². The van der Waals surface area contributed by atoms with Gasteiger partial charge >= 0.3 is 260 Å². The minimum absolute atomic E-state index is 0.0152. The Kier molecular flexibility index (Phi) is 9.56. The van der Waals surface area contributed by atoms with E-state index in [1.807, 2.05) is 37.4 Å². The average molecular weight is 707 g/mol. The zero-order valence-corrected chi connectivity index (χ0v) is 26.9. The first-order chi connectivity index (χ1) is 20.5. The van der Waals surface area contributed by atoms with Crippen molar-refractivity contribution in [1.29, 1.82) is 0 Å². The number of hydrogen-bond acceptors (Lipinski definition) is 9. The van der Waals surface area contributed by atoms with E-state index >= 15 is 0 Å². The monoisotopic (exact) mass is 709 g/mol. The fourth-order valence-corrected chi connectivity index (χ4v) is 9.56. The number of Topliss-reactive ketones (excluding diaryl/α,β-unsaturated/α-hetero) is 1. The van der Waals surface area contributed by atoms with Gasteiger partial charge in [0.15, 0.2) is 0 Å². The molecule has 0 amide bonds. The molecule has 1 aromatic heterocycles. The quantitative estimate of drug-likeness (QED) is 0.251. The average Bonchev–Trinajstić information content (AvgIpc) is 3.51. The van der Waals surface area contributed by atoms with Crippen LogP contribution < -0.4 is 18.9 Å². The maximum atomic E-state index is 13.3. The fourth-order valence-electron chi connectivity index (χ4n) is 5.18. The van der Waals surface area contributed by atoms with Crippen LogP contribution in [0.15, 0.2) is 58.0 Å². The van der Waals surface area contributed by atoms with Crippen LogP contribution in [0.3, 0.4) is 0 Å². The van der Waals surface area contributed by atoms with Gasteiger partial charge in [0.05, 0.1) is 0 Å². The molecule has 1 N–H and O–H groups in total. The molecule has 3 heterocycles. The Bertz CT molecular complexity index is 1520. The molecule has 2 aromatic carbocycles. The van der Waals surface area contributed by atoms with Crippen LogP contribution in [0.2, 0.25) is 0 Å². The number of ketones is 1. The number of benzene rings is 2. The van der Waals surface area contributed by atoms with E-state index < -0.39 is 32.5 Å². The number of thioether (sulfide) groups is 1. The number of nitrogens with zero attached hydrogens (tertiary/aromatic N) is 2. The summed E-state index contributed by atoms with van der Waals surface area (Å²) in [5.74, 6) is 0.781. The van der Waals surface area contributed by atoms with Crippen molar-refractivity contribution < 1.29 is 38.2 Å². The third kappa shape index (κ3) is 6.15. The second-order valence-corrected chi connectivity index (χ2v) is 14.1. The molecule has 1 aliphatic carbocycles. The van der Waals surface area contributed by atoms with E-state index in [0.29, 0.717) is 69.9 Å². The summed E-state index contributed by atoms with van der Waals surface area (Å²) < 4.78 is 33.2. The molecule has 0 saturated heterocycles. The summed E-state index contributed by atoms with van der Waals surface area (Å²) in [6.07, 6.45) is 3.02. The summed E-state index contributed by atoms with van der Waals surface area (Å²) in [6.45, 7) is 6.64. The van der Waals surface area contributed by atoms with Crippen molar-refractivity contribution in [1.82, 2.24) is 0 Å². The second kappa shape index (κ2) is 13.5. The molecule has 1 saturated carbocycles. The van der Waals surface area contributed by atoms with Crippen molar-refractivity contribution in [3.8, 4) is 11.5 Å². The Balaban J connectivity index is 1.22. The number of carbonyl (C=O) groups excluding carboxylic acids is 1. The van der Waals surface area contributed by atoms with Gasteiger partial charge in [0.1, 0.15) is 0 Å². The Morgan fingerprint density at radius 1 is 1.00 bits per heavy atom. The van der Waals surface area contributed by atoms with Gasteiger partial charge in [-0.05, 0) is 0 Å². The number of aliphatic hydroxyl groups excluding tert-OH is 1. The van der Waals surface area contributed by atoms with Gasteiger partial charge in [0.25, 0.3) is 0 Å². The fraction of sp³-hybridized carbons (Fsp3) is 0.419. The van der Waals surface area contributed by atoms with Gasteiger partial charge in [-0.15, -0.1) is 0 Å². The number of aliphatic hydroxyl groups is 1. The Morgan fingerprint density at radius 3 is 2.31 bits per heavy atom. The number of hydrogen-bond donors (Lipinski definition) is 1. The van der Waals surface area contributed by atoms with E-state index in [9.17, 15) is 9.90 Å². The van der Waals surface area contributed by atoms with Gasteiger partial charge < -0.3 is 0 Å². The molecular weight excluding hydrogens is 672 g/mol.